The van der Waals surface area contributed by atoms with E-state index in [9.17, 15) is 27.6 Å². The van der Waals surface area contributed by atoms with Gasteiger partial charge in [-0.3, -0.25) is 14.4 Å². The van der Waals surface area contributed by atoms with E-state index in [2.05, 4.69) is 5.32 Å². The van der Waals surface area contributed by atoms with Gasteiger partial charge in [0.25, 0.3) is 11.5 Å². The maximum Gasteiger partial charge on any atom is 0.431 e. The first-order valence-corrected chi connectivity index (χ1v) is 6.73. The first kappa shape index (κ1) is 17.0. The molecule has 7 nitrogen and oxygen atoms in total. The highest BCUT2D eigenvalue weighted by molar-refractivity contribution is 5.97. The Labute approximate surface area is 128 Å². The molecule has 23 heavy (non-hydrogen) atoms. The monoisotopic (exact) mass is 332 g/mol. The molecule has 0 saturated carbocycles. The summed E-state index contributed by atoms with van der Waals surface area (Å²) in [5.74, 6) is -1.28. The molecule has 0 aliphatic carbocycles. The van der Waals surface area contributed by atoms with Crippen LogP contribution < -0.4 is 16.6 Å². The second-order valence-corrected chi connectivity index (χ2v) is 5.20. The number of nitrogens with zero attached hydrogens (tertiary/aromatic N) is 1. The van der Waals surface area contributed by atoms with Crippen LogP contribution in [0.15, 0.2) is 16.9 Å². The molecule has 0 bridgehead atoms. The summed E-state index contributed by atoms with van der Waals surface area (Å²) in [6.07, 6.45) is -4.51. The van der Waals surface area contributed by atoms with Crippen LogP contribution in [-0.2, 0) is 11.0 Å². The summed E-state index contributed by atoms with van der Waals surface area (Å²) < 4.78 is 37.6. The van der Waals surface area contributed by atoms with E-state index < -0.39 is 46.9 Å². The minimum Gasteiger partial charge on any atom is -0.357 e. The van der Waals surface area contributed by atoms with Crippen LogP contribution in [-0.4, -0.2) is 47.4 Å². The van der Waals surface area contributed by atoms with Gasteiger partial charge in [-0.1, -0.05) is 0 Å². The molecule has 10 heteroatoms. The Kier molecular flexibility index (Phi) is 4.46. The highest BCUT2D eigenvalue weighted by Crippen LogP contribution is 2.27. The van der Waals surface area contributed by atoms with Crippen molar-refractivity contribution in [2.75, 3.05) is 13.6 Å². The largest absolute Gasteiger partial charge is 0.431 e. The van der Waals surface area contributed by atoms with E-state index in [1.54, 1.807) is 4.98 Å². The van der Waals surface area contributed by atoms with Crippen LogP contribution >= 0.6 is 0 Å². The Balaban J connectivity index is 2.33. The Morgan fingerprint density at radius 3 is 2.57 bits per heavy atom. The molecule has 126 valence electrons. The Bertz CT molecular complexity index is 686. The number of amides is 2. The molecule has 1 aliphatic rings. The topological polar surface area (TPSA) is 108 Å². The van der Waals surface area contributed by atoms with Crippen LogP contribution in [0.4, 0.5) is 13.2 Å². The zero-order chi connectivity index (χ0) is 17.4. The third kappa shape index (κ3) is 3.36. The van der Waals surface area contributed by atoms with Crippen molar-refractivity contribution in [2.24, 2.45) is 5.73 Å². The van der Waals surface area contributed by atoms with E-state index in [1.807, 2.05) is 0 Å². The number of alkyl halides is 3. The fourth-order valence-electron chi connectivity index (χ4n) is 2.47. The summed E-state index contributed by atoms with van der Waals surface area (Å²) in [5, 5.41) is 2.38. The molecule has 1 aromatic rings. The average molecular weight is 332 g/mol. The van der Waals surface area contributed by atoms with Crippen LogP contribution in [0.25, 0.3) is 0 Å². The van der Waals surface area contributed by atoms with Crippen molar-refractivity contribution in [3.8, 4) is 0 Å². The van der Waals surface area contributed by atoms with Crippen LogP contribution in [0.5, 0.6) is 0 Å². The smallest absolute Gasteiger partial charge is 0.357 e. The van der Waals surface area contributed by atoms with E-state index >= 15 is 0 Å². The molecule has 0 unspecified atom stereocenters. The maximum atomic E-state index is 12.5. The van der Waals surface area contributed by atoms with Gasteiger partial charge in [0.2, 0.25) is 5.91 Å². The third-order valence-electron chi connectivity index (χ3n) is 3.59. The van der Waals surface area contributed by atoms with Crippen molar-refractivity contribution >= 4 is 11.8 Å². The molecule has 4 N–H and O–H groups in total. The van der Waals surface area contributed by atoms with Gasteiger partial charge in [0, 0.05) is 19.6 Å². The minimum absolute atomic E-state index is 0.0391. The van der Waals surface area contributed by atoms with E-state index in [4.69, 9.17) is 5.73 Å². The molecule has 1 fully saturated rings. The van der Waals surface area contributed by atoms with Gasteiger partial charge in [-0.15, -0.1) is 0 Å². The molecule has 1 saturated heterocycles. The zero-order valence-corrected chi connectivity index (χ0v) is 12.1. The van der Waals surface area contributed by atoms with Gasteiger partial charge in [0.1, 0.15) is 17.3 Å². The number of hydrogen-bond donors (Lipinski definition) is 3. The van der Waals surface area contributed by atoms with Gasteiger partial charge in [0.15, 0.2) is 0 Å². The molecule has 2 amide bonds. The third-order valence-corrected chi connectivity index (χ3v) is 3.59. The molecule has 1 aromatic heterocycles. The second-order valence-electron chi connectivity index (χ2n) is 5.20. The van der Waals surface area contributed by atoms with Crippen LogP contribution in [0.3, 0.4) is 0 Å². The SMILES string of the molecule is CNC(=O)[C@@H]1C[C@@H](N)CN1C(=O)c1ccc(C(F)(F)F)[nH]c1=O. The summed E-state index contributed by atoms with van der Waals surface area (Å²) in [4.78, 5) is 38.7. The van der Waals surface area contributed by atoms with Crippen molar-refractivity contribution in [3.63, 3.8) is 0 Å². The van der Waals surface area contributed by atoms with E-state index in [1.165, 1.54) is 7.05 Å². The lowest BCUT2D eigenvalue weighted by Gasteiger charge is -2.23. The van der Waals surface area contributed by atoms with Crippen LogP contribution in [0.1, 0.15) is 22.5 Å². The summed E-state index contributed by atoms with van der Waals surface area (Å²) in [6.45, 7) is 0.0391. The summed E-state index contributed by atoms with van der Waals surface area (Å²) in [7, 11) is 1.39. The number of hydrogen-bond acceptors (Lipinski definition) is 4. The summed E-state index contributed by atoms with van der Waals surface area (Å²) >= 11 is 0. The molecule has 0 spiro atoms. The molecule has 1 aliphatic heterocycles. The van der Waals surface area contributed by atoms with Crippen LogP contribution in [0.2, 0.25) is 0 Å². The normalized spacial score (nSPS) is 21.3. The Morgan fingerprint density at radius 1 is 1.39 bits per heavy atom. The molecule has 2 atom stereocenters. The number of carbonyl (C=O) groups is 2. The van der Waals surface area contributed by atoms with Gasteiger partial charge >= 0.3 is 6.18 Å². The van der Waals surface area contributed by atoms with Gasteiger partial charge in [0.05, 0.1) is 0 Å². The lowest BCUT2D eigenvalue weighted by atomic mass is 10.1. The van der Waals surface area contributed by atoms with Crippen molar-refractivity contribution in [1.82, 2.24) is 15.2 Å². The van der Waals surface area contributed by atoms with Gasteiger partial charge in [-0.25, -0.2) is 0 Å². The first-order chi connectivity index (χ1) is 10.6. The van der Waals surface area contributed by atoms with Gasteiger partial charge in [-0.05, 0) is 18.6 Å². The number of carbonyl (C=O) groups excluding carboxylic acids is 2. The highest BCUT2D eigenvalue weighted by Gasteiger charge is 2.39. The number of nitrogens with one attached hydrogen (secondary N) is 2. The molecule has 0 aromatic carbocycles. The maximum absolute atomic E-state index is 12.5. The Morgan fingerprint density at radius 2 is 2.04 bits per heavy atom. The molecule has 2 rings (SSSR count). The number of halogens is 3. The lowest BCUT2D eigenvalue weighted by molar-refractivity contribution is -0.141. The number of pyridine rings is 1. The number of aromatic amines is 1. The molecular weight excluding hydrogens is 317 g/mol. The van der Waals surface area contributed by atoms with Crippen molar-refractivity contribution in [1.29, 1.82) is 0 Å². The number of nitrogens with two attached hydrogens (primary N) is 1. The first-order valence-electron chi connectivity index (χ1n) is 6.73. The summed E-state index contributed by atoms with van der Waals surface area (Å²) in [6, 6.07) is 0.104. The fourth-order valence-corrected chi connectivity index (χ4v) is 2.47. The van der Waals surface area contributed by atoms with E-state index in [0.29, 0.717) is 6.07 Å². The number of likely N-dealkylation sites (tertiary alicyclic amines) is 1. The van der Waals surface area contributed by atoms with Gasteiger partial charge < -0.3 is 20.9 Å². The molecule has 0 radical (unpaired) electrons. The fraction of sp³-hybridized carbons (Fsp3) is 0.462. The number of rotatable bonds is 2. The van der Waals surface area contributed by atoms with Gasteiger partial charge in [-0.2, -0.15) is 13.2 Å². The average Bonchev–Trinajstić information content (AvgIpc) is 2.86. The second kappa shape index (κ2) is 6.03. The quantitative estimate of drug-likeness (QED) is 0.690. The molecular formula is C13H15F3N4O3. The number of H-pyrrole nitrogens is 1. The standard InChI is InChI=1S/C13H15F3N4O3/c1-18-11(22)8-4-6(17)5-20(8)12(23)7-2-3-9(13(14,15)16)19-10(7)21/h2-3,6,8H,4-5,17H2,1H3,(H,18,22)(H,19,21)/t6-,8+/m1/s1. The lowest BCUT2D eigenvalue weighted by Crippen LogP contribution is -2.46. The predicted octanol–water partition coefficient (Wildman–Crippen LogP) is -0.318. The summed E-state index contributed by atoms with van der Waals surface area (Å²) in [5.41, 5.74) is 2.85. The minimum atomic E-state index is -4.72. The predicted molar refractivity (Wildman–Crippen MR) is 73.5 cm³/mol. The van der Waals surface area contributed by atoms with E-state index in [0.717, 1.165) is 11.0 Å². The highest BCUT2D eigenvalue weighted by atomic mass is 19.4. The zero-order valence-electron chi connectivity index (χ0n) is 12.1. The molecule has 2 heterocycles. The number of aromatic nitrogens is 1. The Hall–Kier alpha value is -2.36. The van der Waals surface area contributed by atoms with E-state index in [-0.39, 0.29) is 13.0 Å². The van der Waals surface area contributed by atoms with Crippen molar-refractivity contribution in [2.45, 2.75) is 24.7 Å². The van der Waals surface area contributed by atoms with Crippen LogP contribution in [0, 0.1) is 0 Å². The van der Waals surface area contributed by atoms with Crippen molar-refractivity contribution < 1.29 is 22.8 Å². The van der Waals surface area contributed by atoms with Crippen molar-refractivity contribution in [3.05, 3.63) is 33.7 Å². The number of likely N-dealkylation sites (N-methyl/N-ethyl adjacent to an activating group) is 1.